The van der Waals surface area contributed by atoms with Crippen molar-refractivity contribution < 1.29 is 33.8 Å². The molecule has 1 atom stereocenters. The lowest BCUT2D eigenvalue weighted by molar-refractivity contribution is -0.118. The number of aliphatic hydroxyl groups excluding tert-OH is 1. The van der Waals surface area contributed by atoms with Crippen molar-refractivity contribution in [3.8, 4) is 0 Å². The number of amides is 1. The number of hydrogen-bond acceptors (Lipinski definition) is 7. The number of hydrogen-bond donors (Lipinski definition) is 1. The highest BCUT2D eigenvalue weighted by Crippen LogP contribution is 2.46. The third kappa shape index (κ3) is 3.96. The van der Waals surface area contributed by atoms with Crippen molar-refractivity contribution in [2.24, 2.45) is 5.92 Å². The van der Waals surface area contributed by atoms with Gasteiger partial charge >= 0.3 is 11.9 Å². The van der Waals surface area contributed by atoms with Crippen LogP contribution in [0.2, 0.25) is 0 Å². The van der Waals surface area contributed by atoms with Gasteiger partial charge in [-0.3, -0.25) is 14.5 Å². The summed E-state index contributed by atoms with van der Waals surface area (Å²) in [5.41, 5.74) is 2.64. The number of ether oxygens (including phenoxy) is 2. The van der Waals surface area contributed by atoms with Gasteiger partial charge in [0.25, 0.3) is 5.91 Å². The summed E-state index contributed by atoms with van der Waals surface area (Å²) in [5, 5.41) is 10.9. The van der Waals surface area contributed by atoms with Gasteiger partial charge in [-0.2, -0.15) is 0 Å². The van der Waals surface area contributed by atoms with Gasteiger partial charge in [0.15, 0.2) is 11.5 Å². The smallest absolute Gasteiger partial charge is 0.337 e. The highest BCUT2D eigenvalue weighted by Gasteiger charge is 2.48. The number of rotatable bonds is 6. The summed E-state index contributed by atoms with van der Waals surface area (Å²) >= 11 is 0. The van der Waals surface area contributed by atoms with Crippen LogP contribution in [0.25, 0.3) is 0 Å². The van der Waals surface area contributed by atoms with Crippen molar-refractivity contribution in [1.82, 2.24) is 0 Å². The van der Waals surface area contributed by atoms with Crippen LogP contribution in [-0.2, 0) is 19.1 Å². The second kappa shape index (κ2) is 8.78. The highest BCUT2D eigenvalue weighted by atomic mass is 16.5. The lowest BCUT2D eigenvalue weighted by Crippen LogP contribution is -2.32. The molecule has 1 fully saturated rings. The summed E-state index contributed by atoms with van der Waals surface area (Å²) in [5.74, 6) is -3.33. The topological polar surface area (TPSA) is 110 Å². The number of aryl methyl sites for hydroxylation is 2. The minimum Gasteiger partial charge on any atom is -0.503 e. The molecule has 1 heterocycles. The van der Waals surface area contributed by atoms with Crippen LogP contribution in [0.3, 0.4) is 0 Å². The molecule has 8 nitrogen and oxygen atoms in total. The van der Waals surface area contributed by atoms with Gasteiger partial charge in [0, 0.05) is 11.6 Å². The Morgan fingerprint density at radius 2 is 1.53 bits per heavy atom. The summed E-state index contributed by atoms with van der Waals surface area (Å²) < 4.78 is 9.61. The van der Waals surface area contributed by atoms with Crippen LogP contribution in [0.4, 0.5) is 5.69 Å². The number of nitrogens with zero attached hydrogens (tertiary/aromatic N) is 1. The molecule has 0 aromatic heterocycles. The van der Waals surface area contributed by atoms with Gasteiger partial charge in [0.05, 0.1) is 37.0 Å². The number of benzene rings is 2. The zero-order chi connectivity index (χ0) is 24.7. The van der Waals surface area contributed by atoms with Gasteiger partial charge < -0.3 is 14.6 Å². The summed E-state index contributed by atoms with van der Waals surface area (Å²) in [6.07, 6.45) is 1.40. The number of carbonyl (C=O) groups is 4. The summed E-state index contributed by atoms with van der Waals surface area (Å²) in [7, 11) is 2.40. The first-order valence-electron chi connectivity index (χ1n) is 10.9. The minimum absolute atomic E-state index is 0.0226. The molecule has 1 aliphatic heterocycles. The molecule has 176 valence electrons. The molecule has 0 bridgehead atoms. The van der Waals surface area contributed by atoms with Crippen molar-refractivity contribution in [3.05, 3.63) is 75.5 Å². The Morgan fingerprint density at radius 1 is 0.941 bits per heavy atom. The fraction of sp³-hybridized carbons (Fsp3) is 0.308. The summed E-state index contributed by atoms with van der Waals surface area (Å²) in [6, 6.07) is 8.84. The molecular weight excluding hydrogens is 438 g/mol. The van der Waals surface area contributed by atoms with Crippen LogP contribution in [0.15, 0.2) is 47.7 Å². The van der Waals surface area contributed by atoms with E-state index in [4.69, 9.17) is 9.47 Å². The van der Waals surface area contributed by atoms with Crippen LogP contribution < -0.4 is 4.90 Å². The average molecular weight is 463 g/mol. The minimum atomic E-state index is -0.918. The Bertz CT molecular complexity index is 1220. The maximum absolute atomic E-state index is 13.4. The Hall–Kier alpha value is -3.94. The predicted molar refractivity (Wildman–Crippen MR) is 123 cm³/mol. The largest absolute Gasteiger partial charge is 0.503 e. The summed E-state index contributed by atoms with van der Waals surface area (Å²) in [6.45, 7) is 3.75. The van der Waals surface area contributed by atoms with Gasteiger partial charge in [-0.25, -0.2) is 9.59 Å². The quantitative estimate of drug-likeness (QED) is 0.650. The van der Waals surface area contributed by atoms with Gasteiger partial charge in [-0.15, -0.1) is 0 Å². The number of esters is 2. The lowest BCUT2D eigenvalue weighted by atomic mass is 9.90. The number of aliphatic hydroxyl groups is 1. The Morgan fingerprint density at radius 3 is 2.06 bits per heavy atom. The fourth-order valence-electron chi connectivity index (χ4n) is 4.26. The highest BCUT2D eigenvalue weighted by molar-refractivity contribution is 6.17. The summed E-state index contributed by atoms with van der Waals surface area (Å²) in [4.78, 5) is 52.5. The first-order valence-corrected chi connectivity index (χ1v) is 10.9. The molecule has 0 spiro atoms. The van der Waals surface area contributed by atoms with E-state index in [-0.39, 0.29) is 34.1 Å². The maximum Gasteiger partial charge on any atom is 0.337 e. The molecule has 0 saturated heterocycles. The van der Waals surface area contributed by atoms with E-state index in [9.17, 15) is 24.3 Å². The Balaban J connectivity index is 1.95. The molecule has 1 unspecified atom stereocenters. The molecule has 1 N–H and O–H groups in total. The zero-order valence-electron chi connectivity index (χ0n) is 19.4. The first-order chi connectivity index (χ1) is 16.2. The zero-order valence-corrected chi connectivity index (χ0v) is 19.4. The number of ketones is 1. The maximum atomic E-state index is 13.4. The van der Waals surface area contributed by atoms with E-state index < -0.39 is 29.6 Å². The van der Waals surface area contributed by atoms with Crippen LogP contribution in [-0.4, -0.2) is 43.0 Å². The van der Waals surface area contributed by atoms with Gasteiger partial charge in [-0.05, 0) is 56.0 Å². The molecule has 1 saturated carbocycles. The van der Waals surface area contributed by atoms with Crippen LogP contribution in [0.1, 0.15) is 56.3 Å². The van der Waals surface area contributed by atoms with E-state index in [0.29, 0.717) is 18.4 Å². The Labute approximate surface area is 196 Å². The van der Waals surface area contributed by atoms with Crippen molar-refractivity contribution in [3.63, 3.8) is 0 Å². The normalized spacial score (nSPS) is 17.7. The molecule has 1 amide bonds. The molecule has 8 heteroatoms. The first kappa shape index (κ1) is 23.2. The average Bonchev–Trinajstić information content (AvgIpc) is 3.65. The third-order valence-corrected chi connectivity index (χ3v) is 6.19. The molecule has 1 aliphatic carbocycles. The second-order valence-electron chi connectivity index (χ2n) is 8.59. The lowest BCUT2D eigenvalue weighted by Gasteiger charge is -2.29. The molecule has 0 radical (unpaired) electrons. The van der Waals surface area contributed by atoms with E-state index in [0.717, 1.165) is 11.1 Å². The van der Waals surface area contributed by atoms with E-state index >= 15 is 0 Å². The predicted octanol–water partition coefficient (Wildman–Crippen LogP) is 3.76. The van der Waals surface area contributed by atoms with Gasteiger partial charge in [0.2, 0.25) is 0 Å². The van der Waals surface area contributed by atoms with Crippen LogP contribution >= 0.6 is 0 Å². The van der Waals surface area contributed by atoms with E-state index in [1.165, 1.54) is 37.3 Å². The SMILES string of the molecule is COC(=O)c1cc(C(=O)OC)cc(N2C(=O)C(O)=C(C(=O)C3CC3)C2c2cc(C)ccc2C)c1. The van der Waals surface area contributed by atoms with Crippen LogP contribution in [0, 0.1) is 19.8 Å². The molecule has 4 rings (SSSR count). The van der Waals surface area contributed by atoms with E-state index in [1.807, 2.05) is 32.0 Å². The van der Waals surface area contributed by atoms with Gasteiger partial charge in [-0.1, -0.05) is 23.8 Å². The molecule has 2 aromatic rings. The van der Waals surface area contributed by atoms with E-state index in [1.54, 1.807) is 0 Å². The standard InChI is InChI=1S/C26H25NO7/c1-13-5-6-14(2)19(9-13)21-20(22(28)15-7-8-15)23(29)24(30)27(21)18-11-16(25(31)33-3)10-17(12-18)26(32)34-4/h5-6,9-12,15,21,29H,7-8H2,1-4H3. The molecule has 34 heavy (non-hydrogen) atoms. The van der Waals surface area contributed by atoms with Crippen LogP contribution in [0.5, 0.6) is 0 Å². The monoisotopic (exact) mass is 463 g/mol. The van der Waals surface area contributed by atoms with Crippen molar-refractivity contribution in [2.45, 2.75) is 32.7 Å². The second-order valence-corrected chi connectivity index (χ2v) is 8.59. The van der Waals surface area contributed by atoms with Crippen molar-refractivity contribution in [1.29, 1.82) is 0 Å². The number of anilines is 1. The van der Waals surface area contributed by atoms with Gasteiger partial charge in [0.1, 0.15) is 0 Å². The van der Waals surface area contributed by atoms with E-state index in [2.05, 4.69) is 0 Å². The number of carbonyl (C=O) groups excluding carboxylic acids is 4. The number of methoxy groups -OCH3 is 2. The number of Topliss-reactive ketones (excluding diaryl/α,β-unsaturated/α-hetero) is 1. The van der Waals surface area contributed by atoms with Crippen molar-refractivity contribution in [2.75, 3.05) is 19.1 Å². The molecule has 2 aromatic carbocycles. The van der Waals surface area contributed by atoms with Crippen molar-refractivity contribution >= 4 is 29.3 Å². The molecular formula is C26H25NO7. The fourth-order valence-corrected chi connectivity index (χ4v) is 4.26. The molecule has 2 aliphatic rings. The Kier molecular flexibility index (Phi) is 6.00. The third-order valence-electron chi connectivity index (χ3n) is 6.19.